The summed E-state index contributed by atoms with van der Waals surface area (Å²) in [6.45, 7) is 2.17. The molecule has 0 aliphatic carbocycles. The van der Waals surface area contributed by atoms with Crippen LogP contribution in [0.5, 0.6) is 0 Å². The lowest BCUT2D eigenvalue weighted by Gasteiger charge is -2.11. The molecule has 0 saturated heterocycles. The lowest BCUT2D eigenvalue weighted by molar-refractivity contribution is 1.14. The Balaban J connectivity index is 1.97. The monoisotopic (exact) mass is 299 g/mol. The fourth-order valence-corrected chi connectivity index (χ4v) is 2.85. The van der Waals surface area contributed by atoms with Crippen molar-refractivity contribution in [2.75, 3.05) is 5.32 Å². The molecule has 1 aliphatic rings. The molecule has 1 aromatic heterocycles. The van der Waals surface area contributed by atoms with Crippen LogP contribution >= 0.6 is 0 Å². The minimum absolute atomic E-state index is 0.793. The number of rotatable bonds is 2. The van der Waals surface area contributed by atoms with E-state index in [4.69, 9.17) is 4.99 Å². The fourth-order valence-electron chi connectivity index (χ4n) is 2.85. The van der Waals surface area contributed by atoms with Gasteiger partial charge < -0.3 is 5.32 Å². The van der Waals surface area contributed by atoms with Gasteiger partial charge >= 0.3 is 0 Å². The highest BCUT2D eigenvalue weighted by atomic mass is 15.0. The van der Waals surface area contributed by atoms with E-state index in [-0.39, 0.29) is 0 Å². The molecule has 0 amide bonds. The van der Waals surface area contributed by atoms with Gasteiger partial charge in [-0.25, -0.2) is 9.98 Å². The Morgan fingerprint density at radius 2 is 1.87 bits per heavy atom. The molecule has 0 unspecified atom stereocenters. The van der Waals surface area contributed by atoms with Crippen LogP contribution in [-0.4, -0.2) is 10.7 Å². The number of nitrogens with zero attached hydrogens (tertiary/aromatic N) is 2. The van der Waals surface area contributed by atoms with Crippen LogP contribution in [0.2, 0.25) is 0 Å². The van der Waals surface area contributed by atoms with E-state index in [2.05, 4.69) is 53.6 Å². The second-order valence-corrected chi connectivity index (χ2v) is 5.56. The van der Waals surface area contributed by atoms with Gasteiger partial charge in [0, 0.05) is 23.0 Å². The van der Waals surface area contributed by atoms with Crippen LogP contribution in [0.3, 0.4) is 0 Å². The molecule has 23 heavy (non-hydrogen) atoms. The van der Waals surface area contributed by atoms with Gasteiger partial charge in [0.05, 0.1) is 5.71 Å². The van der Waals surface area contributed by atoms with E-state index in [0.717, 1.165) is 40.5 Å². The molecule has 0 spiro atoms. The number of aliphatic imine (C=N–C) groups is 1. The number of benzene rings is 2. The Morgan fingerprint density at radius 3 is 2.78 bits per heavy atom. The summed E-state index contributed by atoms with van der Waals surface area (Å²) in [7, 11) is 0. The van der Waals surface area contributed by atoms with Crippen LogP contribution in [0.25, 0.3) is 0 Å². The Bertz CT molecular complexity index is 897. The molecule has 0 fully saturated rings. The first kappa shape index (κ1) is 13.7. The molecule has 0 radical (unpaired) electrons. The number of pyridine rings is 1. The van der Waals surface area contributed by atoms with Crippen molar-refractivity contribution in [3.05, 3.63) is 83.6 Å². The van der Waals surface area contributed by atoms with Crippen LogP contribution in [-0.2, 0) is 6.42 Å². The summed E-state index contributed by atoms with van der Waals surface area (Å²) in [4.78, 5) is 9.34. The predicted molar refractivity (Wildman–Crippen MR) is 95.1 cm³/mol. The Morgan fingerprint density at radius 1 is 0.957 bits per heavy atom. The number of nitrogens with one attached hydrogen (secondary N) is 1. The van der Waals surface area contributed by atoms with Gasteiger partial charge in [-0.3, -0.25) is 0 Å². The van der Waals surface area contributed by atoms with E-state index >= 15 is 0 Å². The quantitative estimate of drug-likeness (QED) is 0.573. The van der Waals surface area contributed by atoms with Crippen molar-refractivity contribution < 1.29 is 0 Å². The zero-order valence-corrected chi connectivity index (χ0v) is 13.0. The Labute approximate surface area is 135 Å². The van der Waals surface area contributed by atoms with Gasteiger partial charge in [-0.2, -0.15) is 0 Å². The van der Waals surface area contributed by atoms with E-state index in [1.165, 1.54) is 5.56 Å². The Kier molecular flexibility index (Phi) is 3.39. The third-order valence-electron chi connectivity index (χ3n) is 4.06. The summed E-state index contributed by atoms with van der Waals surface area (Å²) in [5, 5.41) is 3.41. The smallest absolute Gasteiger partial charge is 0.156 e. The Hall–Kier alpha value is -2.94. The van der Waals surface area contributed by atoms with Gasteiger partial charge in [-0.15, -0.1) is 0 Å². The lowest BCUT2D eigenvalue weighted by atomic mass is 9.98. The summed E-state index contributed by atoms with van der Waals surface area (Å²) in [5.41, 5.74) is 6.42. The minimum atomic E-state index is 0.793. The van der Waals surface area contributed by atoms with Crippen molar-refractivity contribution in [2.45, 2.75) is 13.3 Å². The second kappa shape index (κ2) is 5.69. The topological polar surface area (TPSA) is 37.3 Å². The summed E-state index contributed by atoms with van der Waals surface area (Å²) in [6.07, 6.45) is 2.80. The molecular formula is C20H17N3. The number of aromatic nitrogens is 1. The molecule has 112 valence electrons. The van der Waals surface area contributed by atoms with Gasteiger partial charge in [0.2, 0.25) is 0 Å². The maximum Gasteiger partial charge on any atom is 0.156 e. The average Bonchev–Trinajstić information content (AvgIpc) is 2.78. The number of hydrogen-bond acceptors (Lipinski definition) is 3. The first-order valence-corrected chi connectivity index (χ1v) is 7.84. The summed E-state index contributed by atoms with van der Waals surface area (Å²) in [5.74, 6) is 0.793. The highest BCUT2D eigenvalue weighted by Crippen LogP contribution is 2.33. The molecule has 3 nitrogen and oxygen atoms in total. The molecule has 1 N–H and O–H groups in total. The van der Waals surface area contributed by atoms with Crippen LogP contribution < -0.4 is 5.32 Å². The molecule has 0 bridgehead atoms. The minimum Gasteiger partial charge on any atom is -0.338 e. The van der Waals surface area contributed by atoms with Crippen LogP contribution in [0.4, 0.5) is 17.2 Å². The third-order valence-corrected chi connectivity index (χ3v) is 4.06. The van der Waals surface area contributed by atoms with Crippen molar-refractivity contribution in [1.29, 1.82) is 0 Å². The maximum absolute atomic E-state index is 4.92. The molecule has 0 atom stereocenters. The van der Waals surface area contributed by atoms with Gasteiger partial charge in [-0.1, -0.05) is 43.3 Å². The second-order valence-electron chi connectivity index (χ2n) is 5.56. The summed E-state index contributed by atoms with van der Waals surface area (Å²) < 4.78 is 0. The van der Waals surface area contributed by atoms with E-state index < -0.39 is 0 Å². The van der Waals surface area contributed by atoms with Crippen molar-refractivity contribution in [3.63, 3.8) is 0 Å². The van der Waals surface area contributed by atoms with Crippen molar-refractivity contribution in [2.24, 2.45) is 4.99 Å². The van der Waals surface area contributed by atoms with Gasteiger partial charge in [0.1, 0.15) is 5.69 Å². The van der Waals surface area contributed by atoms with Gasteiger partial charge in [0.15, 0.2) is 5.82 Å². The first-order chi connectivity index (χ1) is 11.3. The zero-order valence-electron chi connectivity index (χ0n) is 13.0. The predicted octanol–water partition coefficient (Wildman–Crippen LogP) is 4.87. The lowest BCUT2D eigenvalue weighted by Crippen LogP contribution is -2.05. The molecule has 3 aromatic rings. The maximum atomic E-state index is 4.92. The number of anilines is 2. The van der Waals surface area contributed by atoms with E-state index in [1.54, 1.807) is 6.20 Å². The molecule has 1 aliphatic heterocycles. The van der Waals surface area contributed by atoms with Crippen molar-refractivity contribution >= 4 is 22.9 Å². The van der Waals surface area contributed by atoms with E-state index in [1.807, 2.05) is 24.3 Å². The molecule has 2 heterocycles. The standard InChI is InChI=1S/C20H17N3/c1-2-14-7-5-8-15(13-14)19-16-9-3-4-10-17(16)23-20-18(22-19)11-6-12-21-20/h3-13H,2H2,1H3,(H,21,23). The van der Waals surface area contributed by atoms with Gasteiger partial charge in [0.25, 0.3) is 0 Å². The number of hydrogen-bond donors (Lipinski definition) is 1. The van der Waals surface area contributed by atoms with Crippen molar-refractivity contribution in [1.82, 2.24) is 4.98 Å². The normalized spacial score (nSPS) is 12.5. The average molecular weight is 299 g/mol. The first-order valence-electron chi connectivity index (χ1n) is 7.84. The largest absolute Gasteiger partial charge is 0.338 e. The molecule has 2 aromatic carbocycles. The number of aryl methyl sites for hydroxylation is 1. The molecule has 3 heteroatoms. The molecular weight excluding hydrogens is 282 g/mol. The zero-order chi connectivity index (χ0) is 15.6. The van der Waals surface area contributed by atoms with Gasteiger partial charge in [-0.05, 0) is 36.2 Å². The van der Waals surface area contributed by atoms with Crippen LogP contribution in [0, 0.1) is 0 Å². The summed E-state index contributed by atoms with van der Waals surface area (Å²) >= 11 is 0. The summed E-state index contributed by atoms with van der Waals surface area (Å²) in [6, 6.07) is 20.7. The van der Waals surface area contributed by atoms with Crippen molar-refractivity contribution in [3.8, 4) is 0 Å². The van der Waals surface area contributed by atoms with E-state index in [9.17, 15) is 0 Å². The third kappa shape index (κ3) is 2.50. The SMILES string of the molecule is CCc1cccc(C2=Nc3cccnc3Nc3ccccc32)c1. The fraction of sp³-hybridized carbons (Fsp3) is 0.100. The highest BCUT2D eigenvalue weighted by molar-refractivity contribution is 6.18. The molecule has 4 rings (SSSR count). The van der Waals surface area contributed by atoms with Crippen LogP contribution in [0.1, 0.15) is 23.6 Å². The van der Waals surface area contributed by atoms with Crippen LogP contribution in [0.15, 0.2) is 71.9 Å². The molecule has 0 saturated carbocycles. The highest BCUT2D eigenvalue weighted by Gasteiger charge is 2.17. The number of para-hydroxylation sites is 1. The van der Waals surface area contributed by atoms with E-state index in [0.29, 0.717) is 0 Å². The number of fused-ring (bicyclic) bond motifs is 2.